The monoisotopic (exact) mass is 428 g/mol. The van der Waals surface area contributed by atoms with Crippen molar-refractivity contribution in [2.24, 2.45) is 5.92 Å². The van der Waals surface area contributed by atoms with Crippen LogP contribution in [0, 0.1) is 12.8 Å². The van der Waals surface area contributed by atoms with E-state index in [0.29, 0.717) is 32.9 Å². The van der Waals surface area contributed by atoms with Gasteiger partial charge in [-0.2, -0.15) is 0 Å². The van der Waals surface area contributed by atoms with Gasteiger partial charge in [0.15, 0.2) is 0 Å². The third kappa shape index (κ3) is 3.67. The van der Waals surface area contributed by atoms with Crippen LogP contribution in [0.4, 0.5) is 5.69 Å². The van der Waals surface area contributed by atoms with Crippen LogP contribution in [0.3, 0.4) is 0 Å². The molecule has 29 heavy (non-hydrogen) atoms. The van der Waals surface area contributed by atoms with E-state index in [1.165, 1.54) is 4.90 Å². The maximum Gasteiger partial charge on any atom is 0.282 e. The van der Waals surface area contributed by atoms with Gasteiger partial charge in [-0.1, -0.05) is 60.0 Å². The van der Waals surface area contributed by atoms with Crippen molar-refractivity contribution in [2.75, 3.05) is 18.0 Å². The van der Waals surface area contributed by atoms with E-state index < -0.39 is 0 Å². The number of anilines is 1. The van der Waals surface area contributed by atoms with Crippen molar-refractivity contribution in [1.29, 1.82) is 0 Å². The minimum absolute atomic E-state index is 0.307. The first-order valence-electron chi connectivity index (χ1n) is 9.77. The number of halogens is 2. The molecule has 1 atom stereocenters. The predicted molar refractivity (Wildman–Crippen MR) is 117 cm³/mol. The smallest absolute Gasteiger partial charge is 0.282 e. The van der Waals surface area contributed by atoms with Gasteiger partial charge in [0.05, 0.1) is 21.3 Å². The third-order valence-electron chi connectivity index (χ3n) is 5.53. The van der Waals surface area contributed by atoms with Gasteiger partial charge in [0.25, 0.3) is 11.8 Å². The van der Waals surface area contributed by atoms with Gasteiger partial charge in [-0.15, -0.1) is 0 Å². The number of amides is 2. The first kappa shape index (κ1) is 20.0. The van der Waals surface area contributed by atoms with Crippen LogP contribution in [0.1, 0.15) is 30.9 Å². The molecule has 150 valence electrons. The second-order valence-corrected chi connectivity index (χ2v) is 8.64. The summed E-state index contributed by atoms with van der Waals surface area (Å²) in [7, 11) is 0. The molecule has 2 amide bonds. The van der Waals surface area contributed by atoms with Crippen LogP contribution in [-0.2, 0) is 9.59 Å². The maximum atomic E-state index is 13.5. The Bertz CT molecular complexity index is 1010. The summed E-state index contributed by atoms with van der Waals surface area (Å²) in [6, 6.07) is 12.5. The first-order valence-corrected chi connectivity index (χ1v) is 10.5. The Hall–Kier alpha value is -2.30. The average Bonchev–Trinajstić information content (AvgIpc) is 2.95. The van der Waals surface area contributed by atoms with Crippen molar-refractivity contribution in [3.8, 4) is 0 Å². The lowest BCUT2D eigenvalue weighted by Gasteiger charge is -2.33. The molecule has 2 heterocycles. The molecule has 0 N–H and O–H groups in total. The fraction of sp³-hybridized carbons (Fsp3) is 0.304. The molecule has 0 spiro atoms. The van der Waals surface area contributed by atoms with E-state index in [9.17, 15) is 9.59 Å². The van der Waals surface area contributed by atoms with E-state index in [1.54, 1.807) is 18.2 Å². The van der Waals surface area contributed by atoms with Crippen LogP contribution in [0.25, 0.3) is 5.57 Å². The largest absolute Gasteiger partial charge is 0.366 e. The molecule has 1 saturated heterocycles. The van der Waals surface area contributed by atoms with Gasteiger partial charge in [0.2, 0.25) is 0 Å². The van der Waals surface area contributed by atoms with Crippen molar-refractivity contribution in [2.45, 2.75) is 26.7 Å². The summed E-state index contributed by atoms with van der Waals surface area (Å²) < 4.78 is 0. The highest BCUT2D eigenvalue weighted by atomic mass is 35.5. The van der Waals surface area contributed by atoms with Gasteiger partial charge >= 0.3 is 0 Å². The normalized spacial score (nSPS) is 20.1. The molecule has 4 nitrogen and oxygen atoms in total. The lowest BCUT2D eigenvalue weighted by molar-refractivity contribution is -0.120. The van der Waals surface area contributed by atoms with Crippen LogP contribution in [0.5, 0.6) is 0 Å². The zero-order chi connectivity index (χ0) is 20.7. The summed E-state index contributed by atoms with van der Waals surface area (Å²) in [5.74, 6) is -0.166. The van der Waals surface area contributed by atoms with E-state index in [4.69, 9.17) is 23.2 Å². The van der Waals surface area contributed by atoms with Gasteiger partial charge in [-0.05, 0) is 49.4 Å². The quantitative estimate of drug-likeness (QED) is 0.621. The summed E-state index contributed by atoms with van der Waals surface area (Å²) in [6.45, 7) is 5.70. The summed E-state index contributed by atoms with van der Waals surface area (Å²) in [5.41, 5.74) is 3.22. The van der Waals surface area contributed by atoms with Crippen LogP contribution < -0.4 is 4.90 Å². The number of nitrogens with zero attached hydrogens (tertiary/aromatic N) is 2. The highest BCUT2D eigenvalue weighted by Gasteiger charge is 2.43. The number of carbonyl (C=O) groups excluding carboxylic acids is 2. The van der Waals surface area contributed by atoms with Gasteiger partial charge in [-0.3, -0.25) is 9.59 Å². The summed E-state index contributed by atoms with van der Waals surface area (Å²) in [5, 5.41) is 0.688. The highest BCUT2D eigenvalue weighted by Crippen LogP contribution is 2.38. The topological polar surface area (TPSA) is 40.6 Å². The number of aryl methyl sites for hydroxylation is 1. The Balaban J connectivity index is 1.83. The van der Waals surface area contributed by atoms with E-state index >= 15 is 0 Å². The second-order valence-electron chi connectivity index (χ2n) is 7.83. The van der Waals surface area contributed by atoms with E-state index in [1.807, 2.05) is 31.2 Å². The van der Waals surface area contributed by atoms with Crippen molar-refractivity contribution < 1.29 is 9.59 Å². The van der Waals surface area contributed by atoms with Crippen LogP contribution in [0.2, 0.25) is 10.0 Å². The summed E-state index contributed by atoms with van der Waals surface area (Å²) >= 11 is 12.2. The minimum atomic E-state index is -0.328. The number of piperidine rings is 1. The lowest BCUT2D eigenvalue weighted by Crippen LogP contribution is -2.39. The zero-order valence-corrected chi connectivity index (χ0v) is 17.9. The molecule has 2 aliphatic heterocycles. The molecule has 0 radical (unpaired) electrons. The van der Waals surface area contributed by atoms with Crippen LogP contribution >= 0.6 is 23.2 Å². The Labute approximate surface area is 180 Å². The molecule has 0 aromatic heterocycles. The van der Waals surface area contributed by atoms with Crippen LogP contribution in [0.15, 0.2) is 48.2 Å². The summed E-state index contributed by atoms with van der Waals surface area (Å²) in [6.07, 6.45) is 2.13. The molecule has 0 saturated carbocycles. The summed E-state index contributed by atoms with van der Waals surface area (Å²) in [4.78, 5) is 30.3. The Morgan fingerprint density at radius 2 is 1.69 bits per heavy atom. The van der Waals surface area contributed by atoms with Gasteiger partial charge in [0.1, 0.15) is 5.70 Å². The lowest BCUT2D eigenvalue weighted by atomic mass is 9.97. The molecule has 1 unspecified atom stereocenters. The van der Waals surface area contributed by atoms with Gasteiger partial charge in [-0.25, -0.2) is 4.90 Å². The van der Waals surface area contributed by atoms with E-state index in [0.717, 1.165) is 37.1 Å². The highest BCUT2D eigenvalue weighted by molar-refractivity contribution is 6.46. The molecule has 6 heteroatoms. The number of benzene rings is 2. The maximum absolute atomic E-state index is 13.5. The number of hydrogen-bond acceptors (Lipinski definition) is 3. The van der Waals surface area contributed by atoms with E-state index in [-0.39, 0.29) is 11.8 Å². The minimum Gasteiger partial charge on any atom is -0.366 e. The zero-order valence-electron chi connectivity index (χ0n) is 16.4. The molecular formula is C23H22Cl2N2O2. The van der Waals surface area contributed by atoms with Gasteiger partial charge in [0, 0.05) is 13.1 Å². The third-order valence-corrected chi connectivity index (χ3v) is 6.27. The SMILES string of the molecule is Cc1ccc(C2=C(N3CCCC(C)C3)C(=O)N(c3ccc(Cl)c(Cl)c3)C2=O)cc1. The van der Waals surface area contributed by atoms with Crippen molar-refractivity contribution in [1.82, 2.24) is 4.90 Å². The number of imide groups is 1. The van der Waals surface area contributed by atoms with Crippen molar-refractivity contribution >= 4 is 46.3 Å². The Morgan fingerprint density at radius 1 is 0.966 bits per heavy atom. The second kappa shape index (κ2) is 7.85. The number of hydrogen-bond donors (Lipinski definition) is 0. The average molecular weight is 429 g/mol. The molecule has 1 fully saturated rings. The Morgan fingerprint density at radius 3 is 2.34 bits per heavy atom. The molecule has 2 aromatic carbocycles. The standard InChI is InChI=1S/C23H22Cl2N2O2/c1-14-5-7-16(8-6-14)20-21(26-11-3-4-15(2)13-26)23(29)27(22(20)28)17-9-10-18(24)19(25)12-17/h5-10,12,15H,3-4,11,13H2,1-2H3. The molecule has 0 bridgehead atoms. The van der Waals surface area contributed by atoms with Crippen molar-refractivity contribution in [3.05, 3.63) is 69.3 Å². The van der Waals surface area contributed by atoms with Gasteiger partial charge < -0.3 is 4.90 Å². The Kier molecular flexibility index (Phi) is 5.41. The number of likely N-dealkylation sites (tertiary alicyclic amines) is 1. The molecular weight excluding hydrogens is 407 g/mol. The fourth-order valence-corrected chi connectivity index (χ4v) is 4.34. The molecule has 4 rings (SSSR count). The molecule has 0 aliphatic carbocycles. The molecule has 2 aromatic rings. The van der Waals surface area contributed by atoms with Crippen LogP contribution in [-0.4, -0.2) is 29.8 Å². The van der Waals surface area contributed by atoms with Crippen molar-refractivity contribution in [3.63, 3.8) is 0 Å². The first-order chi connectivity index (χ1) is 13.9. The number of carbonyl (C=O) groups is 2. The fourth-order valence-electron chi connectivity index (χ4n) is 4.04. The van der Waals surface area contributed by atoms with E-state index in [2.05, 4.69) is 11.8 Å². The molecule has 2 aliphatic rings. The predicted octanol–water partition coefficient (Wildman–Crippen LogP) is 5.32. The number of rotatable bonds is 3.